The van der Waals surface area contributed by atoms with Crippen LogP contribution in [0, 0.1) is 0 Å². The molecule has 6 heteroatoms. The molecule has 6 nitrogen and oxygen atoms in total. The summed E-state index contributed by atoms with van der Waals surface area (Å²) in [7, 11) is 0. The first-order valence-electron chi connectivity index (χ1n) is 7.27. The van der Waals surface area contributed by atoms with E-state index in [9.17, 15) is 0 Å². The fraction of sp³-hybridized carbons (Fsp3) is 0.250. The van der Waals surface area contributed by atoms with Gasteiger partial charge >= 0.3 is 0 Å². The maximum absolute atomic E-state index is 4.35. The number of aliphatic imine (C=N–C) groups is 4. The second-order valence-electron chi connectivity index (χ2n) is 4.88. The summed E-state index contributed by atoms with van der Waals surface area (Å²) in [6.07, 6.45) is 7.31. The molecular weight excluding hydrogens is 276 g/mol. The van der Waals surface area contributed by atoms with Crippen LogP contribution in [-0.2, 0) is 0 Å². The summed E-state index contributed by atoms with van der Waals surface area (Å²) < 4.78 is 0. The first-order chi connectivity index (χ1) is 10.9. The van der Waals surface area contributed by atoms with Crippen LogP contribution in [0.2, 0.25) is 0 Å². The van der Waals surface area contributed by atoms with Gasteiger partial charge in [0.25, 0.3) is 0 Å². The molecule has 0 unspecified atom stereocenters. The molecule has 0 aliphatic carbocycles. The molecule has 0 amide bonds. The SMILES string of the molecule is C1=NCCN=Cc2ccc([nH]2)C=NCCN=Cc2ccc1[nH]2. The van der Waals surface area contributed by atoms with Gasteiger partial charge < -0.3 is 9.97 Å². The van der Waals surface area contributed by atoms with Gasteiger partial charge in [-0.15, -0.1) is 0 Å². The Labute approximate surface area is 128 Å². The minimum atomic E-state index is 0.661. The van der Waals surface area contributed by atoms with Crippen LogP contribution < -0.4 is 0 Å². The van der Waals surface area contributed by atoms with Crippen molar-refractivity contribution >= 4 is 24.9 Å². The van der Waals surface area contributed by atoms with E-state index in [0.717, 1.165) is 22.8 Å². The maximum atomic E-state index is 4.35. The monoisotopic (exact) mass is 294 g/mol. The van der Waals surface area contributed by atoms with Crippen LogP contribution in [0.1, 0.15) is 22.8 Å². The van der Waals surface area contributed by atoms with Gasteiger partial charge in [-0.05, 0) is 24.3 Å². The van der Waals surface area contributed by atoms with Crippen LogP contribution in [0.3, 0.4) is 0 Å². The average molecular weight is 294 g/mol. The van der Waals surface area contributed by atoms with E-state index in [1.54, 1.807) is 0 Å². The lowest BCUT2D eigenvalue weighted by Gasteiger charge is -1.92. The number of nitrogens with zero attached hydrogens (tertiary/aromatic N) is 4. The lowest BCUT2D eigenvalue weighted by molar-refractivity contribution is 0.980. The van der Waals surface area contributed by atoms with Crippen molar-refractivity contribution in [3.63, 3.8) is 0 Å². The Kier molecular flexibility index (Phi) is 4.71. The van der Waals surface area contributed by atoms with Crippen molar-refractivity contribution in [2.45, 2.75) is 0 Å². The highest BCUT2D eigenvalue weighted by atomic mass is 14.9. The number of aromatic nitrogens is 2. The highest BCUT2D eigenvalue weighted by Crippen LogP contribution is 1.99. The van der Waals surface area contributed by atoms with Crippen LogP contribution in [0.15, 0.2) is 44.2 Å². The molecule has 0 saturated heterocycles. The van der Waals surface area contributed by atoms with Crippen molar-refractivity contribution in [1.82, 2.24) is 9.97 Å². The number of hydrogen-bond acceptors (Lipinski definition) is 4. The van der Waals surface area contributed by atoms with E-state index in [1.807, 2.05) is 49.1 Å². The third-order valence-electron chi connectivity index (χ3n) is 3.10. The molecule has 0 fully saturated rings. The molecule has 2 N–H and O–H groups in total. The molecule has 3 heterocycles. The van der Waals surface area contributed by atoms with Crippen molar-refractivity contribution in [2.75, 3.05) is 26.2 Å². The molecule has 2 aromatic rings. The molecule has 2 aromatic heterocycles. The van der Waals surface area contributed by atoms with E-state index >= 15 is 0 Å². The summed E-state index contributed by atoms with van der Waals surface area (Å²) in [6, 6.07) is 7.95. The van der Waals surface area contributed by atoms with E-state index in [0.29, 0.717) is 26.2 Å². The number of aromatic amines is 2. The molecule has 4 bridgehead atoms. The minimum absolute atomic E-state index is 0.661. The molecule has 0 aromatic carbocycles. The quantitative estimate of drug-likeness (QED) is 0.742. The van der Waals surface area contributed by atoms with Crippen molar-refractivity contribution in [3.05, 3.63) is 47.0 Å². The third-order valence-corrected chi connectivity index (χ3v) is 3.10. The zero-order valence-electron chi connectivity index (χ0n) is 12.2. The zero-order chi connectivity index (χ0) is 15.0. The van der Waals surface area contributed by atoms with Crippen molar-refractivity contribution < 1.29 is 0 Å². The Bertz CT molecular complexity index is 597. The molecule has 112 valence electrons. The molecule has 3 rings (SSSR count). The fourth-order valence-electron chi connectivity index (χ4n) is 2.04. The van der Waals surface area contributed by atoms with Crippen LogP contribution in [0.25, 0.3) is 0 Å². The molecule has 1 aliphatic rings. The van der Waals surface area contributed by atoms with Gasteiger partial charge in [-0.1, -0.05) is 0 Å². The number of nitrogens with one attached hydrogen (secondary N) is 2. The first kappa shape index (κ1) is 14.2. The van der Waals surface area contributed by atoms with E-state index in [4.69, 9.17) is 0 Å². The molecule has 1 aliphatic heterocycles. The third kappa shape index (κ3) is 4.12. The largest absolute Gasteiger partial charge is 0.353 e. The van der Waals surface area contributed by atoms with Gasteiger partial charge in [0.2, 0.25) is 0 Å². The highest BCUT2D eigenvalue weighted by molar-refractivity contribution is 5.84. The van der Waals surface area contributed by atoms with E-state index < -0.39 is 0 Å². The number of fused-ring (bicyclic) bond motifs is 4. The Morgan fingerprint density at radius 1 is 0.500 bits per heavy atom. The van der Waals surface area contributed by atoms with E-state index in [1.165, 1.54) is 0 Å². The Morgan fingerprint density at radius 3 is 1.05 bits per heavy atom. The van der Waals surface area contributed by atoms with Gasteiger partial charge in [0, 0.05) is 24.9 Å². The summed E-state index contributed by atoms with van der Waals surface area (Å²) in [6.45, 7) is 2.64. The summed E-state index contributed by atoms with van der Waals surface area (Å²) in [4.78, 5) is 23.9. The van der Waals surface area contributed by atoms with Crippen LogP contribution >= 0.6 is 0 Å². The normalized spacial score (nSPS) is 15.6. The number of H-pyrrole nitrogens is 2. The van der Waals surface area contributed by atoms with E-state index in [-0.39, 0.29) is 0 Å². The summed E-state index contributed by atoms with van der Waals surface area (Å²) in [5.74, 6) is 0. The number of hydrogen-bond donors (Lipinski definition) is 2. The summed E-state index contributed by atoms with van der Waals surface area (Å²) in [5.41, 5.74) is 3.88. The van der Waals surface area contributed by atoms with Gasteiger partial charge in [0.15, 0.2) is 0 Å². The summed E-state index contributed by atoms with van der Waals surface area (Å²) >= 11 is 0. The Balaban J connectivity index is 1.73. The van der Waals surface area contributed by atoms with Crippen LogP contribution in [-0.4, -0.2) is 61.0 Å². The van der Waals surface area contributed by atoms with Crippen molar-refractivity contribution in [2.24, 2.45) is 20.0 Å². The Hall–Kier alpha value is -2.76. The number of rotatable bonds is 0. The topological polar surface area (TPSA) is 81.0 Å². The molecule has 0 atom stereocenters. The maximum Gasteiger partial charge on any atom is 0.0586 e. The van der Waals surface area contributed by atoms with Gasteiger partial charge in [0.1, 0.15) is 0 Å². The molecular formula is C16H18N6. The fourth-order valence-corrected chi connectivity index (χ4v) is 2.04. The minimum Gasteiger partial charge on any atom is -0.353 e. The van der Waals surface area contributed by atoms with Gasteiger partial charge in [-0.25, -0.2) is 0 Å². The van der Waals surface area contributed by atoms with Crippen LogP contribution in [0.4, 0.5) is 0 Å². The Morgan fingerprint density at radius 2 is 0.773 bits per heavy atom. The van der Waals surface area contributed by atoms with Crippen LogP contribution in [0.5, 0.6) is 0 Å². The summed E-state index contributed by atoms with van der Waals surface area (Å²) in [5, 5.41) is 0. The zero-order valence-corrected chi connectivity index (χ0v) is 12.2. The molecule has 0 spiro atoms. The predicted octanol–water partition coefficient (Wildman–Crippen LogP) is 1.73. The van der Waals surface area contributed by atoms with Gasteiger partial charge in [-0.3, -0.25) is 20.0 Å². The predicted molar refractivity (Wildman–Crippen MR) is 91.4 cm³/mol. The van der Waals surface area contributed by atoms with Crippen molar-refractivity contribution in [1.29, 1.82) is 0 Å². The standard InChI is InChI=1S/C16H18N6/c1-2-14-10-18-7-8-20-12-16-4-3-15(22-16)11-19-6-5-17-9-13(1)21-14/h1-4,9-12,21-22H,5-8H2. The second-order valence-corrected chi connectivity index (χ2v) is 4.88. The lowest BCUT2D eigenvalue weighted by Crippen LogP contribution is -1.93. The van der Waals surface area contributed by atoms with Gasteiger partial charge in [0.05, 0.1) is 49.0 Å². The smallest absolute Gasteiger partial charge is 0.0586 e. The average Bonchev–Trinajstić information content (AvgIpc) is 3.15. The van der Waals surface area contributed by atoms with E-state index in [2.05, 4.69) is 29.9 Å². The molecule has 22 heavy (non-hydrogen) atoms. The molecule has 0 saturated carbocycles. The lowest BCUT2D eigenvalue weighted by atomic mass is 10.4. The highest BCUT2D eigenvalue weighted by Gasteiger charge is 1.95. The molecule has 0 radical (unpaired) electrons. The second kappa shape index (κ2) is 7.31. The van der Waals surface area contributed by atoms with Gasteiger partial charge in [-0.2, -0.15) is 0 Å². The first-order valence-corrected chi connectivity index (χ1v) is 7.27. The van der Waals surface area contributed by atoms with Crippen molar-refractivity contribution in [3.8, 4) is 0 Å².